The molecule has 0 unspecified atom stereocenters. The molecule has 0 heterocycles. The number of nitrogens with one attached hydrogen (secondary N) is 1. The van der Waals surface area contributed by atoms with Crippen LogP contribution in [-0.4, -0.2) is 11.8 Å². The van der Waals surface area contributed by atoms with Crippen molar-refractivity contribution in [3.8, 4) is 0 Å². The highest BCUT2D eigenvalue weighted by atomic mass is 32.1. The molecule has 0 aromatic carbocycles. The fourth-order valence-corrected chi connectivity index (χ4v) is 0.748. The minimum Gasteiger partial charge on any atom is -0.292 e. The van der Waals surface area contributed by atoms with Gasteiger partial charge in [0, 0.05) is 6.92 Å². The lowest BCUT2D eigenvalue weighted by molar-refractivity contribution is -0.126. The highest BCUT2D eigenvalue weighted by molar-refractivity contribution is 7.85. The quantitative estimate of drug-likeness (QED) is 0.481. The van der Waals surface area contributed by atoms with Crippen LogP contribution in [0.25, 0.3) is 0 Å². The predicted molar refractivity (Wildman–Crippen MR) is 46.2 cm³/mol. The molecule has 0 aromatic heterocycles. The van der Waals surface area contributed by atoms with Gasteiger partial charge < -0.3 is 0 Å². The molecule has 0 radical (unpaired) electrons. The molecule has 0 aliphatic rings. The largest absolute Gasteiger partial charge is 0.292 e. The van der Waals surface area contributed by atoms with E-state index in [1.54, 1.807) is 6.08 Å². The number of imide groups is 1. The summed E-state index contributed by atoms with van der Waals surface area (Å²) in [5.74, 6) is -0.811. The van der Waals surface area contributed by atoms with E-state index in [0.717, 1.165) is 6.42 Å². The smallest absolute Gasteiger partial charge is 0.263 e. The molecule has 1 N–H and O–H groups in total. The zero-order valence-electron chi connectivity index (χ0n) is 6.55. The van der Waals surface area contributed by atoms with Crippen molar-refractivity contribution in [1.29, 1.82) is 0 Å². The summed E-state index contributed by atoms with van der Waals surface area (Å²) in [5, 5.41) is 2.10. The van der Waals surface area contributed by atoms with Crippen LogP contribution in [0.1, 0.15) is 20.3 Å². The van der Waals surface area contributed by atoms with Gasteiger partial charge in [0.05, 0.1) is 4.91 Å². The Morgan fingerprint density at radius 1 is 1.55 bits per heavy atom. The highest BCUT2D eigenvalue weighted by Crippen LogP contribution is 2.00. The minimum absolute atomic E-state index is 0.280. The lowest BCUT2D eigenvalue weighted by atomic mass is 10.4. The fourth-order valence-electron chi connectivity index (χ4n) is 0.510. The second-order valence-corrected chi connectivity index (χ2v) is 2.49. The summed E-state index contributed by atoms with van der Waals surface area (Å²) < 4.78 is 0. The van der Waals surface area contributed by atoms with Crippen molar-refractivity contribution >= 4 is 24.4 Å². The molecule has 0 bridgehead atoms. The Kier molecular flexibility index (Phi) is 4.61. The van der Waals surface area contributed by atoms with Crippen LogP contribution in [0, 0.1) is 0 Å². The monoisotopic (exact) mass is 173 g/mol. The van der Waals surface area contributed by atoms with Gasteiger partial charge in [0.15, 0.2) is 0 Å². The number of hydrogen-bond acceptors (Lipinski definition) is 3. The lowest BCUT2D eigenvalue weighted by Crippen LogP contribution is -2.27. The molecule has 0 aliphatic heterocycles. The second kappa shape index (κ2) is 4.96. The van der Waals surface area contributed by atoms with Crippen molar-refractivity contribution in [2.24, 2.45) is 0 Å². The van der Waals surface area contributed by atoms with Crippen LogP contribution >= 0.6 is 12.6 Å². The first kappa shape index (κ1) is 10.2. The van der Waals surface area contributed by atoms with Crippen LogP contribution in [0.3, 0.4) is 0 Å². The maximum absolute atomic E-state index is 10.9. The third-order valence-corrected chi connectivity index (χ3v) is 1.31. The average molecular weight is 173 g/mol. The van der Waals surface area contributed by atoms with Gasteiger partial charge in [-0.25, -0.2) is 0 Å². The molecule has 0 atom stereocenters. The molecule has 62 valence electrons. The zero-order chi connectivity index (χ0) is 8.85. The highest BCUT2D eigenvalue weighted by Gasteiger charge is 2.04. The molecule has 0 fully saturated rings. The van der Waals surface area contributed by atoms with E-state index in [1.165, 1.54) is 6.92 Å². The molecule has 0 aromatic rings. The van der Waals surface area contributed by atoms with Crippen molar-refractivity contribution in [2.75, 3.05) is 0 Å². The Balaban J connectivity index is 4.03. The SMILES string of the molecule is CC/C=C(/S)C(=O)NC(C)=O. The van der Waals surface area contributed by atoms with Gasteiger partial charge in [0.25, 0.3) is 5.91 Å². The molecule has 0 saturated heterocycles. The Bertz CT molecular complexity index is 199. The van der Waals surface area contributed by atoms with Crippen molar-refractivity contribution in [2.45, 2.75) is 20.3 Å². The zero-order valence-corrected chi connectivity index (χ0v) is 7.44. The molecule has 0 aliphatic carbocycles. The minimum atomic E-state index is -0.442. The van der Waals surface area contributed by atoms with Crippen LogP contribution in [0.2, 0.25) is 0 Å². The topological polar surface area (TPSA) is 46.2 Å². The molecule has 2 amide bonds. The number of carbonyl (C=O) groups is 2. The number of thiol groups is 1. The van der Waals surface area contributed by atoms with Crippen molar-refractivity contribution in [3.05, 3.63) is 11.0 Å². The Hall–Kier alpha value is -0.770. The van der Waals surface area contributed by atoms with Crippen LogP contribution in [0.4, 0.5) is 0 Å². The van der Waals surface area contributed by atoms with Gasteiger partial charge in [0.2, 0.25) is 5.91 Å². The summed E-state index contributed by atoms with van der Waals surface area (Å²) in [5.41, 5.74) is 0. The Morgan fingerprint density at radius 2 is 2.09 bits per heavy atom. The van der Waals surface area contributed by atoms with Crippen LogP contribution < -0.4 is 5.32 Å². The van der Waals surface area contributed by atoms with Gasteiger partial charge in [-0.1, -0.05) is 13.0 Å². The summed E-state index contributed by atoms with van der Waals surface area (Å²) in [6, 6.07) is 0. The van der Waals surface area contributed by atoms with Gasteiger partial charge >= 0.3 is 0 Å². The molecular formula is C7H11NO2S. The van der Waals surface area contributed by atoms with Crippen molar-refractivity contribution in [3.63, 3.8) is 0 Å². The van der Waals surface area contributed by atoms with Crippen molar-refractivity contribution < 1.29 is 9.59 Å². The lowest BCUT2D eigenvalue weighted by Gasteiger charge is -1.98. The second-order valence-electron chi connectivity index (χ2n) is 2.01. The molecule has 0 rings (SSSR count). The molecule has 0 spiro atoms. The van der Waals surface area contributed by atoms with Gasteiger partial charge in [0.1, 0.15) is 0 Å². The molecule has 3 nitrogen and oxygen atoms in total. The predicted octanol–water partition coefficient (Wildman–Crippen LogP) is 0.873. The van der Waals surface area contributed by atoms with E-state index in [0.29, 0.717) is 0 Å². The van der Waals surface area contributed by atoms with Crippen LogP contribution in [0.5, 0.6) is 0 Å². The third-order valence-electron chi connectivity index (χ3n) is 0.920. The van der Waals surface area contributed by atoms with E-state index in [-0.39, 0.29) is 10.8 Å². The van der Waals surface area contributed by atoms with Gasteiger partial charge in [-0.05, 0) is 6.42 Å². The van der Waals surface area contributed by atoms with Crippen LogP contribution in [0.15, 0.2) is 11.0 Å². The molecule has 11 heavy (non-hydrogen) atoms. The molecule has 4 heteroatoms. The summed E-state index contributed by atoms with van der Waals surface area (Å²) in [4.78, 5) is 21.5. The number of hydrogen-bond donors (Lipinski definition) is 2. The van der Waals surface area contributed by atoms with E-state index >= 15 is 0 Å². The Morgan fingerprint density at radius 3 is 2.45 bits per heavy atom. The van der Waals surface area contributed by atoms with E-state index in [2.05, 4.69) is 17.9 Å². The molecule has 0 saturated carbocycles. The molecular weight excluding hydrogens is 162 g/mol. The fraction of sp³-hybridized carbons (Fsp3) is 0.429. The maximum atomic E-state index is 10.9. The summed E-state index contributed by atoms with van der Waals surface area (Å²) >= 11 is 3.88. The number of allylic oxidation sites excluding steroid dienone is 1. The van der Waals surface area contributed by atoms with Gasteiger partial charge in [-0.15, -0.1) is 12.6 Å². The van der Waals surface area contributed by atoms with Gasteiger partial charge in [-0.2, -0.15) is 0 Å². The van der Waals surface area contributed by atoms with E-state index < -0.39 is 5.91 Å². The Labute approximate surface area is 71.3 Å². The van der Waals surface area contributed by atoms with E-state index in [9.17, 15) is 9.59 Å². The summed E-state index contributed by atoms with van der Waals surface area (Å²) in [6.07, 6.45) is 2.37. The maximum Gasteiger partial charge on any atom is 0.263 e. The summed E-state index contributed by atoms with van der Waals surface area (Å²) in [7, 11) is 0. The third kappa shape index (κ3) is 4.61. The number of rotatable bonds is 2. The first-order valence-corrected chi connectivity index (χ1v) is 3.73. The normalized spacial score (nSPS) is 11.0. The summed E-state index contributed by atoms with van der Waals surface area (Å²) in [6.45, 7) is 3.17. The average Bonchev–Trinajstić information content (AvgIpc) is 1.86. The number of amides is 2. The number of carbonyl (C=O) groups excluding carboxylic acids is 2. The van der Waals surface area contributed by atoms with E-state index in [4.69, 9.17) is 0 Å². The van der Waals surface area contributed by atoms with Crippen LogP contribution in [-0.2, 0) is 9.59 Å². The van der Waals surface area contributed by atoms with E-state index in [1.807, 2.05) is 6.92 Å². The van der Waals surface area contributed by atoms with Crippen molar-refractivity contribution in [1.82, 2.24) is 5.32 Å². The first-order chi connectivity index (χ1) is 5.07. The van der Waals surface area contributed by atoms with Gasteiger partial charge in [-0.3, -0.25) is 14.9 Å². The first-order valence-electron chi connectivity index (χ1n) is 3.29. The standard InChI is InChI=1S/C7H11NO2S/c1-3-4-6(11)7(10)8-5(2)9/h4,11H,3H2,1-2H3,(H,8,9,10)/b6-4+.